The van der Waals surface area contributed by atoms with E-state index in [-0.39, 0.29) is 5.91 Å². The molecule has 1 aromatic carbocycles. The van der Waals surface area contributed by atoms with Gasteiger partial charge in [-0.1, -0.05) is 12.1 Å². The van der Waals surface area contributed by atoms with Gasteiger partial charge >= 0.3 is 0 Å². The van der Waals surface area contributed by atoms with E-state index in [4.69, 9.17) is 0 Å². The number of fused-ring (bicyclic) bond motifs is 1. The molecule has 3 aromatic rings. The van der Waals surface area contributed by atoms with Crippen LogP contribution in [-0.4, -0.2) is 32.0 Å². The normalized spacial score (nSPS) is 10.7. The van der Waals surface area contributed by atoms with Gasteiger partial charge in [-0.25, -0.2) is 15.0 Å². The summed E-state index contributed by atoms with van der Waals surface area (Å²) in [6, 6.07) is 9.65. The Balaban J connectivity index is 1.49. The largest absolute Gasteiger partial charge is 0.354 e. The number of anilines is 1. The lowest BCUT2D eigenvalue weighted by molar-refractivity contribution is -0.121. The zero-order valence-corrected chi connectivity index (χ0v) is 12.9. The molecule has 0 spiro atoms. The molecule has 0 fully saturated rings. The number of hydrogen-bond acceptors (Lipinski definition) is 5. The van der Waals surface area contributed by atoms with Crippen molar-refractivity contribution in [1.29, 1.82) is 0 Å². The van der Waals surface area contributed by atoms with Gasteiger partial charge < -0.3 is 15.2 Å². The summed E-state index contributed by atoms with van der Waals surface area (Å²) in [5, 5.41) is 5.89. The van der Waals surface area contributed by atoms with Gasteiger partial charge in [0.2, 0.25) is 11.9 Å². The molecule has 7 heteroatoms. The van der Waals surface area contributed by atoms with Gasteiger partial charge in [-0.2, -0.15) is 0 Å². The standard InChI is InChI=1S/C16H18N6O/c1-22-13-6-3-2-5-12(13)21-14(22)11-20-15(23)7-10-19-16-17-8-4-9-18-16/h2-6,8-9H,7,10-11H2,1H3,(H,20,23)(H,17,18,19). The summed E-state index contributed by atoms with van der Waals surface area (Å²) in [5.74, 6) is 1.31. The highest BCUT2D eigenvalue weighted by Crippen LogP contribution is 2.13. The van der Waals surface area contributed by atoms with E-state index in [1.807, 2.05) is 35.9 Å². The topological polar surface area (TPSA) is 84.7 Å². The predicted molar refractivity (Wildman–Crippen MR) is 87.7 cm³/mol. The molecule has 0 unspecified atom stereocenters. The summed E-state index contributed by atoms with van der Waals surface area (Å²) in [6.07, 6.45) is 3.66. The molecular formula is C16H18N6O. The van der Waals surface area contributed by atoms with E-state index >= 15 is 0 Å². The number of nitrogens with one attached hydrogen (secondary N) is 2. The lowest BCUT2D eigenvalue weighted by Crippen LogP contribution is -2.26. The number of carbonyl (C=O) groups excluding carboxylic acids is 1. The average molecular weight is 310 g/mol. The number of para-hydroxylation sites is 2. The Labute approximate surface area is 133 Å². The molecule has 2 aromatic heterocycles. The van der Waals surface area contributed by atoms with E-state index in [0.29, 0.717) is 25.5 Å². The molecule has 7 nitrogen and oxygen atoms in total. The van der Waals surface area contributed by atoms with E-state index < -0.39 is 0 Å². The molecule has 0 aliphatic heterocycles. The van der Waals surface area contributed by atoms with Gasteiger partial charge in [-0.15, -0.1) is 0 Å². The molecule has 0 radical (unpaired) electrons. The van der Waals surface area contributed by atoms with Crippen molar-refractivity contribution in [2.45, 2.75) is 13.0 Å². The van der Waals surface area contributed by atoms with E-state index in [1.54, 1.807) is 18.5 Å². The van der Waals surface area contributed by atoms with Crippen LogP contribution in [0.15, 0.2) is 42.7 Å². The summed E-state index contributed by atoms with van der Waals surface area (Å²) < 4.78 is 1.99. The second-order valence-electron chi connectivity index (χ2n) is 5.10. The van der Waals surface area contributed by atoms with Crippen molar-refractivity contribution in [2.24, 2.45) is 7.05 Å². The lowest BCUT2D eigenvalue weighted by atomic mass is 10.3. The quantitative estimate of drug-likeness (QED) is 0.720. The first-order valence-corrected chi connectivity index (χ1v) is 7.42. The van der Waals surface area contributed by atoms with Crippen LogP contribution in [0, 0.1) is 0 Å². The van der Waals surface area contributed by atoms with Crippen molar-refractivity contribution >= 4 is 22.9 Å². The number of carbonyl (C=O) groups is 1. The van der Waals surface area contributed by atoms with Crippen LogP contribution in [0.1, 0.15) is 12.2 Å². The third kappa shape index (κ3) is 3.63. The Morgan fingerprint density at radius 1 is 1.17 bits per heavy atom. The summed E-state index contributed by atoms with van der Waals surface area (Å²) in [5.41, 5.74) is 1.99. The van der Waals surface area contributed by atoms with Crippen LogP contribution in [-0.2, 0) is 18.4 Å². The highest BCUT2D eigenvalue weighted by molar-refractivity contribution is 5.77. The molecule has 2 heterocycles. The van der Waals surface area contributed by atoms with Crippen molar-refractivity contribution in [2.75, 3.05) is 11.9 Å². The fourth-order valence-corrected chi connectivity index (χ4v) is 2.30. The van der Waals surface area contributed by atoms with Crippen LogP contribution in [0.3, 0.4) is 0 Å². The number of aryl methyl sites for hydroxylation is 1. The zero-order valence-electron chi connectivity index (χ0n) is 12.9. The third-order valence-corrected chi connectivity index (χ3v) is 3.52. The fourth-order valence-electron chi connectivity index (χ4n) is 2.30. The smallest absolute Gasteiger partial charge is 0.222 e. The van der Waals surface area contributed by atoms with Crippen molar-refractivity contribution in [3.63, 3.8) is 0 Å². The minimum Gasteiger partial charge on any atom is -0.354 e. The Morgan fingerprint density at radius 2 is 1.96 bits per heavy atom. The van der Waals surface area contributed by atoms with Crippen molar-refractivity contribution in [1.82, 2.24) is 24.8 Å². The Hall–Kier alpha value is -2.96. The van der Waals surface area contributed by atoms with Gasteiger partial charge in [0.05, 0.1) is 17.6 Å². The molecular weight excluding hydrogens is 292 g/mol. The Bertz CT molecular complexity index is 799. The summed E-state index contributed by atoms with van der Waals surface area (Å²) >= 11 is 0. The molecule has 1 amide bonds. The second kappa shape index (κ2) is 6.87. The maximum atomic E-state index is 11.9. The van der Waals surface area contributed by atoms with Crippen LogP contribution in [0.25, 0.3) is 11.0 Å². The molecule has 0 bridgehead atoms. The van der Waals surface area contributed by atoms with Gasteiger partial charge in [0.1, 0.15) is 5.82 Å². The lowest BCUT2D eigenvalue weighted by Gasteiger charge is -2.06. The Morgan fingerprint density at radius 3 is 2.74 bits per heavy atom. The first kappa shape index (κ1) is 15.0. The van der Waals surface area contributed by atoms with Crippen LogP contribution in [0.4, 0.5) is 5.95 Å². The van der Waals surface area contributed by atoms with Gasteiger partial charge in [-0.05, 0) is 18.2 Å². The van der Waals surface area contributed by atoms with Crippen LogP contribution >= 0.6 is 0 Å². The first-order valence-electron chi connectivity index (χ1n) is 7.42. The average Bonchev–Trinajstić information content (AvgIpc) is 2.90. The minimum absolute atomic E-state index is 0.0412. The van der Waals surface area contributed by atoms with Crippen LogP contribution in [0.2, 0.25) is 0 Å². The molecule has 0 aliphatic rings. The molecule has 2 N–H and O–H groups in total. The van der Waals surface area contributed by atoms with Crippen LogP contribution in [0.5, 0.6) is 0 Å². The number of hydrogen-bond donors (Lipinski definition) is 2. The van der Waals surface area contributed by atoms with Gasteiger partial charge in [0, 0.05) is 32.4 Å². The van der Waals surface area contributed by atoms with Gasteiger partial charge in [0.15, 0.2) is 0 Å². The fraction of sp³-hybridized carbons (Fsp3) is 0.250. The second-order valence-corrected chi connectivity index (χ2v) is 5.10. The molecule has 0 aliphatic carbocycles. The number of aromatic nitrogens is 4. The number of amides is 1. The molecule has 118 valence electrons. The first-order chi connectivity index (χ1) is 11.2. The van der Waals surface area contributed by atoms with E-state index in [1.165, 1.54) is 0 Å². The van der Waals surface area contributed by atoms with Crippen molar-refractivity contribution in [3.05, 3.63) is 48.5 Å². The molecule has 3 rings (SSSR count). The third-order valence-electron chi connectivity index (χ3n) is 3.52. The van der Waals surface area contributed by atoms with Crippen molar-refractivity contribution in [3.8, 4) is 0 Å². The highest BCUT2D eigenvalue weighted by atomic mass is 16.1. The highest BCUT2D eigenvalue weighted by Gasteiger charge is 2.08. The number of nitrogens with zero attached hydrogens (tertiary/aromatic N) is 4. The van der Waals surface area contributed by atoms with E-state index in [9.17, 15) is 4.79 Å². The maximum Gasteiger partial charge on any atom is 0.222 e. The zero-order chi connectivity index (χ0) is 16.1. The molecule has 0 atom stereocenters. The maximum absolute atomic E-state index is 11.9. The SMILES string of the molecule is Cn1c(CNC(=O)CCNc2ncccn2)nc2ccccc21. The molecule has 0 saturated carbocycles. The number of rotatable bonds is 6. The molecule has 0 saturated heterocycles. The molecule has 23 heavy (non-hydrogen) atoms. The number of benzene rings is 1. The van der Waals surface area contributed by atoms with Gasteiger partial charge in [-0.3, -0.25) is 4.79 Å². The number of imidazole rings is 1. The van der Waals surface area contributed by atoms with E-state index in [0.717, 1.165) is 16.9 Å². The Kier molecular flexibility index (Phi) is 4.46. The van der Waals surface area contributed by atoms with E-state index in [2.05, 4.69) is 25.6 Å². The summed E-state index contributed by atoms with van der Waals surface area (Å²) in [4.78, 5) is 24.5. The monoisotopic (exact) mass is 310 g/mol. The summed E-state index contributed by atoms with van der Waals surface area (Å²) in [7, 11) is 1.95. The summed E-state index contributed by atoms with van der Waals surface area (Å²) in [6.45, 7) is 0.893. The van der Waals surface area contributed by atoms with Gasteiger partial charge in [0.25, 0.3) is 0 Å². The van der Waals surface area contributed by atoms with Crippen LogP contribution < -0.4 is 10.6 Å². The predicted octanol–water partition coefficient (Wildman–Crippen LogP) is 1.48. The minimum atomic E-state index is -0.0412. The van der Waals surface area contributed by atoms with Crippen molar-refractivity contribution < 1.29 is 4.79 Å².